The van der Waals surface area contributed by atoms with Crippen LogP contribution in [0.5, 0.6) is 5.88 Å². The minimum atomic E-state index is -0.194. The highest BCUT2D eigenvalue weighted by Crippen LogP contribution is 2.28. The van der Waals surface area contributed by atoms with Crippen molar-refractivity contribution in [1.29, 1.82) is 0 Å². The third-order valence-electron chi connectivity index (χ3n) is 4.18. The molecule has 0 aliphatic carbocycles. The average molecular weight is 295 g/mol. The molecule has 3 fully saturated rings. The van der Waals surface area contributed by atoms with Gasteiger partial charge in [0, 0.05) is 18.8 Å². The van der Waals surface area contributed by atoms with Crippen LogP contribution in [0.1, 0.15) is 23.2 Å². The number of methoxy groups -OCH3 is 1. The molecule has 8 heteroatoms. The summed E-state index contributed by atoms with van der Waals surface area (Å²) in [6.45, 7) is 3.21. The number of nitrogens with two attached hydrogens (primary N) is 1. The predicted molar refractivity (Wildman–Crippen MR) is 77.0 cm³/mol. The summed E-state index contributed by atoms with van der Waals surface area (Å²) >= 11 is 0. The van der Waals surface area contributed by atoms with Crippen molar-refractivity contribution in [2.45, 2.75) is 18.9 Å². The summed E-state index contributed by atoms with van der Waals surface area (Å²) in [6, 6.07) is 0.201. The number of rotatable bonds is 3. The maximum Gasteiger partial charge on any atom is 0.258 e. The van der Waals surface area contributed by atoms with E-state index in [1.54, 1.807) is 0 Å². The van der Waals surface area contributed by atoms with E-state index in [0.29, 0.717) is 11.5 Å². The number of nitrogens with one attached hydrogen (secondary N) is 1. The van der Waals surface area contributed by atoms with Gasteiger partial charge in [0.15, 0.2) is 0 Å². The highest BCUT2D eigenvalue weighted by Gasteiger charge is 2.35. The number of nitrogen functional groups attached to an aromatic ring is 1. The molecule has 21 heavy (non-hydrogen) atoms. The van der Waals surface area contributed by atoms with Gasteiger partial charge in [-0.25, -0.2) is 4.98 Å². The van der Waals surface area contributed by atoms with Gasteiger partial charge in [-0.1, -0.05) is 0 Å². The lowest BCUT2D eigenvalue weighted by Gasteiger charge is -2.44. The van der Waals surface area contributed by atoms with E-state index in [0.717, 1.165) is 32.5 Å². The van der Waals surface area contributed by atoms with Gasteiger partial charge in [0.1, 0.15) is 5.56 Å². The van der Waals surface area contributed by atoms with E-state index in [1.165, 1.54) is 13.3 Å². The van der Waals surface area contributed by atoms with Gasteiger partial charge in [-0.2, -0.15) is 4.98 Å². The molecule has 4 heterocycles. The molecule has 1 atom stereocenters. The lowest BCUT2D eigenvalue weighted by molar-refractivity contribution is 0.0618. The Bertz CT molecular complexity index is 517. The van der Waals surface area contributed by atoms with Crippen LogP contribution in [-0.2, 0) is 0 Å². The molecular weight excluding hydrogens is 274 g/mol. The third kappa shape index (κ3) is 3.06. The second-order valence-electron chi connectivity index (χ2n) is 5.37. The number of carbonyl (C=O) groups is 1. The molecule has 2 bridgehead atoms. The maximum absolute atomic E-state index is 12.3. The Hall–Kier alpha value is -1.93. The Morgan fingerprint density at radius 1 is 1.48 bits per heavy atom. The molecule has 3 aliphatic heterocycles. The van der Waals surface area contributed by atoms with Gasteiger partial charge in [0.05, 0.1) is 7.11 Å². The van der Waals surface area contributed by atoms with Gasteiger partial charge in [-0.05, 0) is 31.8 Å². The minimum absolute atomic E-state index is 0. The average Bonchev–Trinajstić information content (AvgIpc) is 2.48. The highest BCUT2D eigenvalue weighted by atomic mass is 16.5. The molecule has 116 valence electrons. The summed E-state index contributed by atoms with van der Waals surface area (Å²) in [7, 11) is 1.47. The van der Waals surface area contributed by atoms with Crippen LogP contribution in [0.4, 0.5) is 5.95 Å². The quantitative estimate of drug-likeness (QED) is 0.742. The lowest BCUT2D eigenvalue weighted by atomic mass is 9.84. The Balaban J connectivity index is 0.00000161. The fraction of sp³-hybridized carbons (Fsp3) is 0.615. The molecule has 0 aromatic carbocycles. The van der Waals surface area contributed by atoms with Crippen molar-refractivity contribution in [2.75, 3.05) is 32.5 Å². The molecule has 1 amide bonds. The summed E-state index contributed by atoms with van der Waals surface area (Å²) in [5.41, 5.74) is 5.83. The van der Waals surface area contributed by atoms with E-state index in [1.807, 2.05) is 0 Å². The Morgan fingerprint density at radius 2 is 2.19 bits per heavy atom. The zero-order valence-corrected chi connectivity index (χ0v) is 12.0. The van der Waals surface area contributed by atoms with E-state index in [9.17, 15) is 4.79 Å². The van der Waals surface area contributed by atoms with Gasteiger partial charge >= 0.3 is 0 Å². The molecule has 4 rings (SSSR count). The van der Waals surface area contributed by atoms with Gasteiger partial charge < -0.3 is 26.2 Å². The molecule has 8 nitrogen and oxygen atoms in total. The number of hydrogen-bond acceptors (Lipinski definition) is 6. The van der Waals surface area contributed by atoms with Crippen LogP contribution in [0.2, 0.25) is 0 Å². The molecule has 0 spiro atoms. The number of nitrogens with zero attached hydrogens (tertiary/aromatic N) is 3. The summed E-state index contributed by atoms with van der Waals surface area (Å²) in [5.74, 6) is 0.697. The van der Waals surface area contributed by atoms with Crippen molar-refractivity contribution in [3.63, 3.8) is 0 Å². The Morgan fingerprint density at radius 3 is 2.76 bits per heavy atom. The third-order valence-corrected chi connectivity index (χ3v) is 4.18. The van der Waals surface area contributed by atoms with Crippen LogP contribution in [0.15, 0.2) is 6.20 Å². The number of ether oxygens (including phenoxy) is 1. The van der Waals surface area contributed by atoms with Gasteiger partial charge in [-0.3, -0.25) is 4.79 Å². The van der Waals surface area contributed by atoms with Crippen molar-refractivity contribution in [1.82, 2.24) is 20.2 Å². The van der Waals surface area contributed by atoms with E-state index in [4.69, 9.17) is 10.5 Å². The van der Waals surface area contributed by atoms with Crippen molar-refractivity contribution >= 4 is 11.9 Å². The summed E-state index contributed by atoms with van der Waals surface area (Å²) in [4.78, 5) is 22.5. The summed E-state index contributed by atoms with van der Waals surface area (Å²) in [6.07, 6.45) is 3.72. The fourth-order valence-corrected chi connectivity index (χ4v) is 3.07. The van der Waals surface area contributed by atoms with Crippen molar-refractivity contribution < 1.29 is 15.0 Å². The number of fused-ring (bicyclic) bond motifs is 3. The van der Waals surface area contributed by atoms with Crippen LogP contribution >= 0.6 is 0 Å². The van der Waals surface area contributed by atoms with E-state index in [2.05, 4.69) is 20.2 Å². The smallest absolute Gasteiger partial charge is 0.258 e. The van der Waals surface area contributed by atoms with Crippen LogP contribution < -0.4 is 15.8 Å². The van der Waals surface area contributed by atoms with Crippen molar-refractivity contribution in [2.24, 2.45) is 5.92 Å². The molecule has 5 N–H and O–H groups in total. The SMILES string of the molecule is COc1nc(N)ncc1C(=O)NC1CN2CCC1CC2.O. The largest absolute Gasteiger partial charge is 0.480 e. The lowest BCUT2D eigenvalue weighted by Crippen LogP contribution is -2.57. The number of carbonyl (C=O) groups excluding carboxylic acids is 1. The molecule has 3 aliphatic rings. The molecule has 0 saturated carbocycles. The Labute approximate surface area is 123 Å². The van der Waals surface area contributed by atoms with E-state index < -0.39 is 0 Å². The standard InChI is InChI=1S/C13H19N5O2.H2O/c1-20-12-9(6-15-13(14)17-12)11(19)16-10-7-18-4-2-8(10)3-5-18;/h6,8,10H,2-5,7H2,1H3,(H,16,19)(H2,14,15,17);1H2. The van der Waals surface area contributed by atoms with Gasteiger partial charge in [-0.15, -0.1) is 0 Å². The first-order valence-electron chi connectivity index (χ1n) is 6.87. The van der Waals surface area contributed by atoms with Crippen molar-refractivity contribution in [3.8, 4) is 5.88 Å². The van der Waals surface area contributed by atoms with Gasteiger partial charge in [0.25, 0.3) is 5.91 Å². The van der Waals surface area contributed by atoms with E-state index >= 15 is 0 Å². The predicted octanol–water partition coefficient (Wildman–Crippen LogP) is -0.933. The highest BCUT2D eigenvalue weighted by molar-refractivity contribution is 5.96. The summed E-state index contributed by atoms with van der Waals surface area (Å²) in [5, 5.41) is 3.08. The first-order chi connectivity index (χ1) is 9.67. The maximum atomic E-state index is 12.3. The van der Waals surface area contributed by atoms with Gasteiger partial charge in [0.2, 0.25) is 11.8 Å². The minimum Gasteiger partial charge on any atom is -0.480 e. The zero-order valence-electron chi connectivity index (χ0n) is 12.0. The fourth-order valence-electron chi connectivity index (χ4n) is 3.07. The molecule has 1 aromatic rings. The second-order valence-corrected chi connectivity index (χ2v) is 5.37. The molecule has 1 unspecified atom stereocenters. The monoisotopic (exact) mass is 295 g/mol. The van der Waals surface area contributed by atoms with Crippen LogP contribution in [-0.4, -0.2) is 59.0 Å². The van der Waals surface area contributed by atoms with Crippen LogP contribution in [0.25, 0.3) is 0 Å². The second kappa shape index (κ2) is 6.23. The number of anilines is 1. The zero-order chi connectivity index (χ0) is 14.1. The molecule has 0 radical (unpaired) electrons. The molecular formula is C13H21N5O3. The number of amides is 1. The number of piperidine rings is 3. The number of hydrogen-bond donors (Lipinski definition) is 2. The summed E-state index contributed by atoms with van der Waals surface area (Å²) < 4.78 is 5.10. The van der Waals surface area contributed by atoms with Crippen LogP contribution in [0, 0.1) is 5.92 Å². The molecule has 3 saturated heterocycles. The van der Waals surface area contributed by atoms with Crippen LogP contribution in [0.3, 0.4) is 0 Å². The van der Waals surface area contributed by atoms with E-state index in [-0.39, 0.29) is 29.3 Å². The first kappa shape index (κ1) is 15.5. The number of aromatic nitrogens is 2. The Kier molecular flexibility index (Phi) is 4.59. The van der Waals surface area contributed by atoms with Crippen molar-refractivity contribution in [3.05, 3.63) is 11.8 Å². The first-order valence-corrected chi connectivity index (χ1v) is 6.87. The normalized spacial score (nSPS) is 26.8. The molecule has 1 aromatic heterocycles. The topological polar surface area (TPSA) is 125 Å².